The highest BCUT2D eigenvalue weighted by atomic mass is 32.1. The van der Waals surface area contributed by atoms with E-state index in [4.69, 9.17) is 9.40 Å². The van der Waals surface area contributed by atoms with Crippen molar-refractivity contribution < 1.29 is 27.2 Å². The zero-order chi connectivity index (χ0) is 31.2. The van der Waals surface area contributed by atoms with Crippen molar-refractivity contribution in [3.63, 3.8) is 0 Å². The van der Waals surface area contributed by atoms with Crippen LogP contribution >= 0.6 is 11.3 Å². The number of pyridine rings is 1. The summed E-state index contributed by atoms with van der Waals surface area (Å²) in [5.41, 5.74) is 5.25. The number of aryl methyl sites for hydroxylation is 3. The van der Waals surface area contributed by atoms with E-state index in [0.717, 1.165) is 41.9 Å². The van der Waals surface area contributed by atoms with Gasteiger partial charge in [-0.15, -0.1) is 11.3 Å². The Kier molecular flexibility index (Phi) is 7.48. The van der Waals surface area contributed by atoms with E-state index in [1.807, 2.05) is 17.9 Å². The molecule has 2 aromatic carbocycles. The minimum atomic E-state index is -0.984. The number of amides is 2. The third-order valence-electron chi connectivity index (χ3n) is 8.39. The minimum Gasteiger partial charge on any atom is -0.443 e. The van der Waals surface area contributed by atoms with E-state index in [0.29, 0.717) is 62.8 Å². The van der Waals surface area contributed by atoms with Gasteiger partial charge in [-0.1, -0.05) is 18.2 Å². The third-order valence-corrected chi connectivity index (χ3v) is 9.49. The summed E-state index contributed by atoms with van der Waals surface area (Å²) in [5, 5.41) is 2.76. The quantitative estimate of drug-likeness (QED) is 0.196. The first kappa shape index (κ1) is 29.0. The number of rotatable bonds is 8. The van der Waals surface area contributed by atoms with E-state index >= 15 is 0 Å². The van der Waals surface area contributed by atoms with Crippen molar-refractivity contribution in [3.8, 4) is 21.8 Å². The van der Waals surface area contributed by atoms with Crippen LogP contribution in [-0.2, 0) is 19.4 Å². The van der Waals surface area contributed by atoms with E-state index in [1.165, 1.54) is 35.9 Å². The molecule has 0 spiro atoms. The summed E-state index contributed by atoms with van der Waals surface area (Å²) in [4.78, 5) is 39.5. The zero-order valence-electron chi connectivity index (χ0n) is 24.2. The second-order valence-corrected chi connectivity index (χ2v) is 12.3. The van der Waals surface area contributed by atoms with Gasteiger partial charge in [0.05, 0.1) is 39.1 Å². The average molecular weight is 629 g/mol. The second kappa shape index (κ2) is 11.6. The molecule has 228 valence electrons. The molecule has 0 aliphatic carbocycles. The number of hydrogen-bond donors (Lipinski definition) is 1. The Labute approximate surface area is 260 Å². The summed E-state index contributed by atoms with van der Waals surface area (Å²) in [6.07, 6.45) is 4.13. The number of carbonyl (C=O) groups excluding carboxylic acids is 2. The molecule has 1 saturated heterocycles. The lowest BCUT2D eigenvalue weighted by molar-refractivity contribution is 0.0776. The van der Waals surface area contributed by atoms with Gasteiger partial charge in [-0.05, 0) is 80.1 Å². The largest absolute Gasteiger partial charge is 0.443 e. The van der Waals surface area contributed by atoms with Crippen LogP contribution in [0.5, 0.6) is 0 Å². The number of benzene rings is 2. The molecule has 1 unspecified atom stereocenters. The van der Waals surface area contributed by atoms with E-state index in [2.05, 4.69) is 10.3 Å². The number of hydrogen-bond acceptors (Lipinski definition) is 6. The Morgan fingerprint density at radius 3 is 2.56 bits per heavy atom. The summed E-state index contributed by atoms with van der Waals surface area (Å²) >= 11 is 1.22. The van der Waals surface area contributed by atoms with Gasteiger partial charge in [-0.25, -0.2) is 18.2 Å². The van der Waals surface area contributed by atoms with Crippen molar-refractivity contribution in [2.75, 3.05) is 6.54 Å². The van der Waals surface area contributed by atoms with Crippen LogP contribution in [0.4, 0.5) is 13.2 Å². The molecular weight excluding hydrogens is 601 g/mol. The Balaban J connectivity index is 1.31. The molecule has 1 atom stereocenters. The lowest BCUT2D eigenvalue weighted by Crippen LogP contribution is -2.22. The molecule has 5 heterocycles. The Morgan fingerprint density at radius 1 is 1.00 bits per heavy atom. The van der Waals surface area contributed by atoms with Crippen LogP contribution in [-0.4, -0.2) is 33.2 Å². The van der Waals surface area contributed by atoms with Crippen LogP contribution in [0.25, 0.3) is 21.8 Å². The first-order valence-electron chi connectivity index (χ1n) is 14.6. The fourth-order valence-electron chi connectivity index (χ4n) is 6.19. The molecule has 1 N–H and O–H groups in total. The van der Waals surface area contributed by atoms with Gasteiger partial charge in [-0.3, -0.25) is 14.6 Å². The van der Waals surface area contributed by atoms with Crippen molar-refractivity contribution in [1.82, 2.24) is 20.2 Å². The van der Waals surface area contributed by atoms with Gasteiger partial charge in [0.25, 0.3) is 11.8 Å². The molecule has 2 aliphatic rings. The van der Waals surface area contributed by atoms with Gasteiger partial charge >= 0.3 is 0 Å². The van der Waals surface area contributed by atoms with Crippen molar-refractivity contribution in [3.05, 3.63) is 117 Å². The highest BCUT2D eigenvalue weighted by molar-refractivity contribution is 7.17. The maximum absolute atomic E-state index is 13.9. The number of halogens is 3. The summed E-state index contributed by atoms with van der Waals surface area (Å²) in [5.74, 6) is -2.24. The van der Waals surface area contributed by atoms with E-state index < -0.39 is 11.6 Å². The maximum atomic E-state index is 13.9. The minimum absolute atomic E-state index is 0.0130. The Bertz CT molecular complexity index is 1950. The number of nitrogens with zero attached hydrogens (tertiary/aromatic N) is 3. The van der Waals surface area contributed by atoms with Crippen molar-refractivity contribution >= 4 is 23.2 Å². The number of fused-ring (bicyclic) bond motifs is 3. The summed E-state index contributed by atoms with van der Waals surface area (Å²) in [7, 11) is 0. The monoisotopic (exact) mass is 628 g/mol. The van der Waals surface area contributed by atoms with E-state index in [1.54, 1.807) is 18.2 Å². The highest BCUT2D eigenvalue weighted by Gasteiger charge is 2.44. The molecule has 0 radical (unpaired) electrons. The van der Waals surface area contributed by atoms with Gasteiger partial charge in [0, 0.05) is 23.5 Å². The molecule has 45 heavy (non-hydrogen) atoms. The molecule has 3 aromatic heterocycles. The molecule has 2 amide bonds. The Morgan fingerprint density at radius 2 is 1.80 bits per heavy atom. The number of aromatic nitrogens is 2. The molecule has 2 aliphatic heterocycles. The molecule has 7 rings (SSSR count). The van der Waals surface area contributed by atoms with Gasteiger partial charge in [0.2, 0.25) is 0 Å². The zero-order valence-corrected chi connectivity index (χ0v) is 25.0. The average Bonchev–Trinajstić information content (AvgIpc) is 3.84. The maximum Gasteiger partial charge on any atom is 0.261 e. The summed E-state index contributed by atoms with van der Waals surface area (Å²) < 4.78 is 46.5. The van der Waals surface area contributed by atoms with Crippen molar-refractivity contribution in [1.29, 1.82) is 0 Å². The molecular formula is C34H27F3N4O3S. The van der Waals surface area contributed by atoms with Gasteiger partial charge in [0.1, 0.15) is 5.82 Å². The number of carbonyl (C=O) groups is 2. The van der Waals surface area contributed by atoms with Gasteiger partial charge in [-0.2, -0.15) is 0 Å². The molecule has 11 heteroatoms. The predicted octanol–water partition coefficient (Wildman–Crippen LogP) is 7.20. The van der Waals surface area contributed by atoms with Crippen LogP contribution in [0, 0.1) is 24.4 Å². The molecule has 7 nitrogen and oxygen atoms in total. The lowest BCUT2D eigenvalue weighted by Gasteiger charge is -2.17. The number of oxazole rings is 1. The van der Waals surface area contributed by atoms with E-state index in [9.17, 15) is 22.8 Å². The fourth-order valence-corrected chi connectivity index (χ4v) is 7.17. The van der Waals surface area contributed by atoms with E-state index in [-0.39, 0.29) is 30.2 Å². The molecule has 0 saturated carbocycles. The van der Waals surface area contributed by atoms with Gasteiger partial charge in [0.15, 0.2) is 23.8 Å². The topological polar surface area (TPSA) is 88.3 Å². The van der Waals surface area contributed by atoms with Crippen LogP contribution < -0.4 is 5.32 Å². The summed E-state index contributed by atoms with van der Waals surface area (Å²) in [6.45, 7) is 2.48. The highest BCUT2D eigenvalue weighted by Crippen LogP contribution is 2.49. The SMILES string of the molecule is Cc1ncoc1-c1c(CCc2ccc(F)cc2)nc2c(c1-c1ccc(C(=O)NCc3ccc(F)c(F)c3)s1)C(=O)N1CCCC21. The predicted molar refractivity (Wildman–Crippen MR) is 162 cm³/mol. The first-order valence-corrected chi connectivity index (χ1v) is 15.4. The normalized spacial score (nSPS) is 15.4. The lowest BCUT2D eigenvalue weighted by atomic mass is 9.91. The standard InChI is InChI=1S/C34H27F3N4O3S/c1-18-32(44-17-39-18)28-24(11-7-19-4-8-21(35)9-5-19)40-31-25-3-2-14-41(25)34(43)30(31)29(28)26-12-13-27(45-26)33(42)38-16-20-6-10-22(36)23(37)15-20/h4-6,8-10,12-13,15,17,25H,2-3,7,11,14,16H2,1H3,(H,38,42). The van der Waals surface area contributed by atoms with Crippen LogP contribution in [0.1, 0.15) is 67.1 Å². The van der Waals surface area contributed by atoms with Gasteiger partial charge < -0.3 is 14.6 Å². The van der Waals surface area contributed by atoms with Crippen LogP contribution in [0.3, 0.4) is 0 Å². The first-order chi connectivity index (χ1) is 21.8. The molecule has 0 bridgehead atoms. The number of nitrogens with one attached hydrogen (secondary N) is 1. The second-order valence-electron chi connectivity index (χ2n) is 11.2. The Hall–Kier alpha value is -4.77. The number of thiophene rings is 1. The summed E-state index contributed by atoms with van der Waals surface area (Å²) in [6, 6.07) is 13.2. The smallest absolute Gasteiger partial charge is 0.261 e. The fraction of sp³-hybridized carbons (Fsp3) is 0.235. The van der Waals surface area contributed by atoms with Crippen LogP contribution in [0.2, 0.25) is 0 Å². The van der Waals surface area contributed by atoms with Crippen molar-refractivity contribution in [2.24, 2.45) is 0 Å². The third kappa shape index (κ3) is 5.31. The molecule has 5 aromatic rings. The van der Waals surface area contributed by atoms with Crippen LogP contribution in [0.15, 0.2) is 65.4 Å². The van der Waals surface area contributed by atoms with Crippen molar-refractivity contribution in [2.45, 2.75) is 45.2 Å². The molecule has 1 fully saturated rings.